The lowest BCUT2D eigenvalue weighted by atomic mass is 9.99. The van der Waals surface area contributed by atoms with E-state index in [2.05, 4.69) is 60.2 Å². The molecule has 0 amide bonds. The van der Waals surface area contributed by atoms with Gasteiger partial charge in [0.15, 0.2) is 0 Å². The van der Waals surface area contributed by atoms with Crippen LogP contribution in [-0.4, -0.2) is 4.57 Å². The van der Waals surface area contributed by atoms with Gasteiger partial charge in [0.2, 0.25) is 0 Å². The molecule has 0 N–H and O–H groups in total. The molecule has 23 heavy (non-hydrogen) atoms. The molecule has 0 radical (unpaired) electrons. The van der Waals surface area contributed by atoms with Crippen LogP contribution in [-0.2, 0) is 13.0 Å². The van der Waals surface area contributed by atoms with E-state index in [1.54, 1.807) is 0 Å². The highest BCUT2D eigenvalue weighted by molar-refractivity contribution is 5.65. The molecule has 0 spiro atoms. The second-order valence-corrected chi connectivity index (χ2v) is 6.77. The van der Waals surface area contributed by atoms with Gasteiger partial charge in [-0.05, 0) is 55.4 Å². The van der Waals surface area contributed by atoms with Gasteiger partial charge in [-0.15, -0.1) is 0 Å². The minimum atomic E-state index is 0.993. The molecule has 0 saturated carbocycles. The summed E-state index contributed by atoms with van der Waals surface area (Å²) in [5.41, 5.74) is 5.86. The summed E-state index contributed by atoms with van der Waals surface area (Å²) in [6.07, 6.45) is 15.4. The fourth-order valence-electron chi connectivity index (χ4n) is 3.65. The number of hydrogen-bond acceptors (Lipinski definition) is 0. The van der Waals surface area contributed by atoms with Crippen LogP contribution in [0.15, 0.2) is 48.7 Å². The normalized spacial score (nSPS) is 18.4. The van der Waals surface area contributed by atoms with Crippen LogP contribution in [0, 0.1) is 0 Å². The Kier molecular flexibility index (Phi) is 5.74. The van der Waals surface area contributed by atoms with E-state index in [1.807, 2.05) is 0 Å². The van der Waals surface area contributed by atoms with Crippen molar-refractivity contribution >= 4 is 5.57 Å². The third kappa shape index (κ3) is 4.37. The van der Waals surface area contributed by atoms with Crippen molar-refractivity contribution in [2.24, 2.45) is 0 Å². The zero-order valence-corrected chi connectivity index (χ0v) is 14.4. The molecular weight excluding hydrogens is 278 g/mol. The molecule has 0 fully saturated rings. The van der Waals surface area contributed by atoms with Crippen molar-refractivity contribution in [3.8, 4) is 0 Å². The Morgan fingerprint density at radius 2 is 1.61 bits per heavy atom. The van der Waals surface area contributed by atoms with E-state index in [0.29, 0.717) is 0 Å². The molecule has 2 bridgehead atoms. The molecule has 1 aliphatic carbocycles. The number of benzene rings is 1. The highest BCUT2D eigenvalue weighted by Gasteiger charge is 2.11. The first-order valence-corrected chi connectivity index (χ1v) is 9.25. The Morgan fingerprint density at radius 1 is 0.913 bits per heavy atom. The first-order valence-electron chi connectivity index (χ1n) is 9.25. The lowest BCUT2D eigenvalue weighted by Gasteiger charge is -2.09. The lowest BCUT2D eigenvalue weighted by molar-refractivity contribution is 0.589. The summed E-state index contributed by atoms with van der Waals surface area (Å²) in [5, 5.41) is 0. The van der Waals surface area contributed by atoms with Gasteiger partial charge in [-0.3, -0.25) is 0 Å². The van der Waals surface area contributed by atoms with Crippen LogP contribution in [0.25, 0.3) is 5.57 Å². The molecule has 1 heteroatoms. The van der Waals surface area contributed by atoms with Crippen LogP contribution in [0.4, 0.5) is 0 Å². The summed E-state index contributed by atoms with van der Waals surface area (Å²) in [4.78, 5) is 0. The molecule has 1 aromatic carbocycles. The number of nitrogens with zero attached hydrogens (tertiary/aromatic N) is 1. The van der Waals surface area contributed by atoms with E-state index in [-0.39, 0.29) is 0 Å². The number of aryl methyl sites for hydroxylation is 1. The second-order valence-electron chi connectivity index (χ2n) is 6.77. The van der Waals surface area contributed by atoms with Crippen LogP contribution in [0.1, 0.15) is 68.7 Å². The van der Waals surface area contributed by atoms with Gasteiger partial charge in [0.25, 0.3) is 0 Å². The van der Waals surface area contributed by atoms with E-state index in [4.69, 9.17) is 0 Å². The molecule has 1 heterocycles. The minimum absolute atomic E-state index is 0.993. The van der Waals surface area contributed by atoms with Crippen molar-refractivity contribution in [3.63, 3.8) is 0 Å². The molecule has 2 aromatic rings. The Labute approximate surface area is 141 Å². The van der Waals surface area contributed by atoms with Gasteiger partial charge >= 0.3 is 0 Å². The number of allylic oxidation sites excluding steroid dienone is 2. The SMILES string of the molecule is C/C=C1\CCCCCCCCc2cc1cn2Cc1ccccc1. The Morgan fingerprint density at radius 3 is 2.35 bits per heavy atom. The summed E-state index contributed by atoms with van der Waals surface area (Å²) in [7, 11) is 0. The Bertz CT molecular complexity index is 633. The van der Waals surface area contributed by atoms with Gasteiger partial charge in [0, 0.05) is 18.4 Å². The number of aromatic nitrogens is 1. The maximum absolute atomic E-state index is 2.48. The highest BCUT2D eigenvalue weighted by atomic mass is 15.0. The molecular formula is C22H29N. The monoisotopic (exact) mass is 307 g/mol. The number of rotatable bonds is 2. The van der Waals surface area contributed by atoms with Crippen LogP contribution < -0.4 is 0 Å². The van der Waals surface area contributed by atoms with Crippen molar-refractivity contribution < 1.29 is 0 Å². The van der Waals surface area contributed by atoms with E-state index >= 15 is 0 Å². The van der Waals surface area contributed by atoms with E-state index in [1.165, 1.54) is 73.8 Å². The summed E-state index contributed by atoms with van der Waals surface area (Å²) in [6, 6.07) is 13.3. The number of hydrogen-bond donors (Lipinski definition) is 0. The van der Waals surface area contributed by atoms with Crippen molar-refractivity contribution in [1.82, 2.24) is 4.57 Å². The summed E-state index contributed by atoms with van der Waals surface area (Å²) < 4.78 is 2.48. The fourth-order valence-corrected chi connectivity index (χ4v) is 3.65. The lowest BCUT2D eigenvalue weighted by Crippen LogP contribution is -2.03. The Hall–Kier alpha value is -1.76. The quantitative estimate of drug-likeness (QED) is 0.620. The van der Waals surface area contributed by atoms with Gasteiger partial charge < -0.3 is 4.57 Å². The molecule has 0 unspecified atom stereocenters. The summed E-state index contributed by atoms with van der Waals surface area (Å²) >= 11 is 0. The minimum Gasteiger partial charge on any atom is -0.346 e. The molecule has 122 valence electrons. The van der Waals surface area contributed by atoms with Crippen LogP contribution in [0.2, 0.25) is 0 Å². The average molecular weight is 307 g/mol. The Balaban J connectivity index is 1.87. The van der Waals surface area contributed by atoms with Gasteiger partial charge in [-0.1, -0.05) is 62.1 Å². The smallest absolute Gasteiger partial charge is 0.0473 e. The van der Waals surface area contributed by atoms with Gasteiger partial charge in [-0.25, -0.2) is 0 Å². The average Bonchev–Trinajstić information content (AvgIpc) is 2.96. The molecule has 3 rings (SSSR count). The summed E-state index contributed by atoms with van der Waals surface area (Å²) in [5.74, 6) is 0. The molecule has 0 saturated heterocycles. The molecule has 1 aromatic heterocycles. The third-order valence-corrected chi connectivity index (χ3v) is 5.03. The fraction of sp³-hybridized carbons (Fsp3) is 0.455. The predicted molar refractivity (Wildman–Crippen MR) is 99.7 cm³/mol. The second kappa shape index (κ2) is 8.19. The standard InChI is InChI=1S/C22H29N/c1-2-20-14-10-5-3-4-6-11-15-22-16-21(20)18-23(22)17-19-12-8-7-9-13-19/h2,7-9,12-13,16,18H,3-6,10-11,14-15,17H2,1H3/b20-2+. The van der Waals surface area contributed by atoms with Crippen LogP contribution >= 0.6 is 0 Å². The molecule has 1 nitrogen and oxygen atoms in total. The largest absolute Gasteiger partial charge is 0.346 e. The van der Waals surface area contributed by atoms with E-state index in [9.17, 15) is 0 Å². The predicted octanol–water partition coefficient (Wildman–Crippen LogP) is 6.23. The van der Waals surface area contributed by atoms with Crippen molar-refractivity contribution in [3.05, 3.63) is 65.5 Å². The zero-order chi connectivity index (χ0) is 15.9. The molecule has 0 aliphatic heterocycles. The topological polar surface area (TPSA) is 4.93 Å². The van der Waals surface area contributed by atoms with Gasteiger partial charge in [0.05, 0.1) is 0 Å². The van der Waals surface area contributed by atoms with E-state index in [0.717, 1.165) is 6.54 Å². The van der Waals surface area contributed by atoms with Crippen LogP contribution in [0.5, 0.6) is 0 Å². The van der Waals surface area contributed by atoms with Gasteiger partial charge in [-0.2, -0.15) is 0 Å². The first kappa shape index (κ1) is 16.1. The third-order valence-electron chi connectivity index (χ3n) is 5.03. The van der Waals surface area contributed by atoms with Crippen molar-refractivity contribution in [2.75, 3.05) is 0 Å². The zero-order valence-electron chi connectivity index (χ0n) is 14.4. The maximum atomic E-state index is 2.48. The van der Waals surface area contributed by atoms with Crippen molar-refractivity contribution in [1.29, 1.82) is 0 Å². The molecule has 1 aliphatic rings. The van der Waals surface area contributed by atoms with Crippen LogP contribution in [0.3, 0.4) is 0 Å². The number of fused-ring (bicyclic) bond motifs is 2. The van der Waals surface area contributed by atoms with Crippen molar-refractivity contribution in [2.45, 2.75) is 64.8 Å². The molecule has 0 atom stereocenters. The highest BCUT2D eigenvalue weighted by Crippen LogP contribution is 2.26. The first-order chi connectivity index (χ1) is 11.4. The van der Waals surface area contributed by atoms with E-state index < -0.39 is 0 Å². The van der Waals surface area contributed by atoms with Gasteiger partial charge in [0.1, 0.15) is 0 Å². The maximum Gasteiger partial charge on any atom is 0.0473 e. The summed E-state index contributed by atoms with van der Waals surface area (Å²) in [6.45, 7) is 3.18.